The van der Waals surface area contributed by atoms with Crippen molar-refractivity contribution in [1.82, 2.24) is 4.98 Å². The van der Waals surface area contributed by atoms with Crippen LogP contribution in [0.1, 0.15) is 18.4 Å². The van der Waals surface area contributed by atoms with Crippen molar-refractivity contribution in [2.24, 2.45) is 0 Å². The van der Waals surface area contributed by atoms with E-state index in [-0.39, 0.29) is 0 Å². The Bertz CT molecular complexity index is 778. The van der Waals surface area contributed by atoms with Crippen LogP contribution in [0.3, 0.4) is 0 Å². The van der Waals surface area contributed by atoms with E-state index in [0.29, 0.717) is 5.92 Å². The van der Waals surface area contributed by atoms with Crippen LogP contribution in [0.5, 0.6) is 0 Å². The predicted octanol–water partition coefficient (Wildman–Crippen LogP) is 5.68. The van der Waals surface area contributed by atoms with Crippen molar-refractivity contribution in [3.63, 3.8) is 0 Å². The van der Waals surface area contributed by atoms with Crippen LogP contribution in [0, 0.1) is 0 Å². The number of nitrogens with one attached hydrogen (secondary N) is 1. The van der Waals surface area contributed by atoms with Crippen LogP contribution in [-0.2, 0) is 0 Å². The molecule has 1 heteroatoms. The number of rotatable bonds is 4. The molecule has 0 saturated carbocycles. The smallest absolute Gasteiger partial charge is 0.0503 e. The van der Waals surface area contributed by atoms with Crippen LogP contribution < -0.4 is 0 Å². The summed E-state index contributed by atoms with van der Waals surface area (Å²) < 4.78 is 0. The Kier molecular flexibility index (Phi) is 3.74. The molecule has 1 unspecified atom stereocenters. The Balaban J connectivity index is 2.24. The highest BCUT2D eigenvalue weighted by Gasteiger charge is 2.16. The monoisotopic (exact) mass is 273 g/mol. The molecular weight excluding hydrogens is 254 g/mol. The quantitative estimate of drug-likeness (QED) is 0.588. The molecule has 1 atom stereocenters. The van der Waals surface area contributed by atoms with Gasteiger partial charge in [-0.15, -0.1) is 0 Å². The summed E-state index contributed by atoms with van der Waals surface area (Å²) in [6.45, 7) is 5.99. The summed E-state index contributed by atoms with van der Waals surface area (Å²) in [5, 5.41) is 1.29. The van der Waals surface area contributed by atoms with Gasteiger partial charge in [0.25, 0.3) is 0 Å². The molecular formula is C20H19N. The van der Waals surface area contributed by atoms with Crippen molar-refractivity contribution >= 4 is 10.9 Å². The number of benzene rings is 2. The Hall–Kier alpha value is -2.54. The normalized spacial score (nSPS) is 12.8. The summed E-state index contributed by atoms with van der Waals surface area (Å²) in [6, 6.07) is 19.0. The minimum atomic E-state index is 0.328. The Morgan fingerprint density at radius 3 is 2.48 bits per heavy atom. The van der Waals surface area contributed by atoms with Crippen LogP contribution in [0.25, 0.3) is 22.2 Å². The van der Waals surface area contributed by atoms with Crippen LogP contribution >= 0.6 is 0 Å². The molecule has 0 aliphatic carbocycles. The zero-order valence-electron chi connectivity index (χ0n) is 12.2. The number of fused-ring (bicyclic) bond motifs is 1. The minimum absolute atomic E-state index is 0.328. The van der Waals surface area contributed by atoms with E-state index in [9.17, 15) is 0 Å². The van der Waals surface area contributed by atoms with Crippen molar-refractivity contribution < 1.29 is 0 Å². The van der Waals surface area contributed by atoms with E-state index in [4.69, 9.17) is 0 Å². The van der Waals surface area contributed by atoms with Gasteiger partial charge in [-0.3, -0.25) is 0 Å². The van der Waals surface area contributed by atoms with Gasteiger partial charge >= 0.3 is 0 Å². The number of para-hydroxylation sites is 1. The second kappa shape index (κ2) is 5.84. The summed E-state index contributed by atoms with van der Waals surface area (Å²) in [5.74, 6) is 0.328. The molecule has 104 valence electrons. The summed E-state index contributed by atoms with van der Waals surface area (Å²) in [6.07, 6.45) is 6.03. The second-order valence-corrected chi connectivity index (χ2v) is 5.23. The predicted molar refractivity (Wildman–Crippen MR) is 91.5 cm³/mol. The number of hydrogen-bond donors (Lipinski definition) is 1. The average molecular weight is 273 g/mol. The Morgan fingerprint density at radius 1 is 1.00 bits per heavy atom. The third-order valence-electron chi connectivity index (χ3n) is 3.80. The van der Waals surface area contributed by atoms with Gasteiger partial charge in [-0.1, -0.05) is 80.3 Å². The van der Waals surface area contributed by atoms with E-state index >= 15 is 0 Å². The van der Waals surface area contributed by atoms with Gasteiger partial charge < -0.3 is 4.98 Å². The molecule has 1 N–H and O–H groups in total. The standard InChI is InChI=1S/C20H19N/c1-3-4-10-15(2)19-17-13-8-9-14-18(17)21-20(19)16-11-6-5-7-12-16/h3-15,21H,1H2,2H3/b10-4+. The van der Waals surface area contributed by atoms with Gasteiger partial charge in [-0.25, -0.2) is 0 Å². The van der Waals surface area contributed by atoms with Gasteiger partial charge in [-0.05, 0) is 17.2 Å². The molecule has 1 aromatic heterocycles. The third kappa shape index (κ3) is 2.55. The first-order valence-electron chi connectivity index (χ1n) is 7.26. The van der Waals surface area contributed by atoms with Crippen molar-refractivity contribution in [1.29, 1.82) is 0 Å². The highest BCUT2D eigenvalue weighted by molar-refractivity contribution is 5.91. The molecule has 0 bridgehead atoms. The molecule has 0 aliphatic heterocycles. The molecule has 1 heterocycles. The lowest BCUT2D eigenvalue weighted by Gasteiger charge is -2.09. The van der Waals surface area contributed by atoms with Gasteiger partial charge in [0, 0.05) is 16.8 Å². The topological polar surface area (TPSA) is 15.8 Å². The van der Waals surface area contributed by atoms with Crippen LogP contribution in [0.4, 0.5) is 0 Å². The van der Waals surface area contributed by atoms with Crippen LogP contribution in [0.2, 0.25) is 0 Å². The number of allylic oxidation sites excluding steroid dienone is 3. The highest BCUT2D eigenvalue weighted by atomic mass is 14.7. The minimum Gasteiger partial charge on any atom is -0.354 e. The number of H-pyrrole nitrogens is 1. The first-order chi connectivity index (χ1) is 10.3. The molecule has 0 radical (unpaired) electrons. The second-order valence-electron chi connectivity index (χ2n) is 5.23. The molecule has 0 fully saturated rings. The lowest BCUT2D eigenvalue weighted by Crippen LogP contribution is -1.91. The van der Waals surface area contributed by atoms with E-state index in [1.54, 1.807) is 0 Å². The first-order valence-corrected chi connectivity index (χ1v) is 7.26. The fraction of sp³-hybridized carbons (Fsp3) is 0.100. The molecule has 0 aliphatic rings. The van der Waals surface area contributed by atoms with Crippen molar-refractivity contribution in [3.05, 3.63) is 85.0 Å². The average Bonchev–Trinajstić information content (AvgIpc) is 2.93. The first kappa shape index (κ1) is 13.4. The van der Waals surface area contributed by atoms with E-state index in [0.717, 1.165) is 0 Å². The summed E-state index contributed by atoms with van der Waals surface area (Å²) >= 11 is 0. The highest BCUT2D eigenvalue weighted by Crippen LogP contribution is 2.36. The van der Waals surface area contributed by atoms with Gasteiger partial charge in [0.2, 0.25) is 0 Å². The Morgan fingerprint density at radius 2 is 1.71 bits per heavy atom. The fourth-order valence-electron chi connectivity index (χ4n) is 2.81. The van der Waals surface area contributed by atoms with E-state index in [1.807, 2.05) is 18.2 Å². The van der Waals surface area contributed by atoms with Crippen molar-refractivity contribution in [2.75, 3.05) is 0 Å². The summed E-state index contributed by atoms with van der Waals surface area (Å²) in [4.78, 5) is 3.58. The molecule has 3 aromatic rings. The fourth-order valence-corrected chi connectivity index (χ4v) is 2.81. The lowest BCUT2D eigenvalue weighted by atomic mass is 9.94. The molecule has 2 aromatic carbocycles. The van der Waals surface area contributed by atoms with Gasteiger partial charge in [0.15, 0.2) is 0 Å². The molecule has 3 rings (SSSR count). The third-order valence-corrected chi connectivity index (χ3v) is 3.80. The van der Waals surface area contributed by atoms with Crippen molar-refractivity contribution in [3.8, 4) is 11.3 Å². The van der Waals surface area contributed by atoms with Crippen molar-refractivity contribution in [2.45, 2.75) is 12.8 Å². The van der Waals surface area contributed by atoms with E-state index < -0.39 is 0 Å². The van der Waals surface area contributed by atoms with Crippen LogP contribution in [0.15, 0.2) is 79.4 Å². The molecule has 0 saturated heterocycles. The molecule has 1 nitrogen and oxygen atoms in total. The van der Waals surface area contributed by atoms with E-state index in [1.165, 1.54) is 27.7 Å². The zero-order chi connectivity index (χ0) is 14.7. The summed E-state index contributed by atoms with van der Waals surface area (Å²) in [5.41, 5.74) is 4.96. The lowest BCUT2D eigenvalue weighted by molar-refractivity contribution is 0.981. The largest absolute Gasteiger partial charge is 0.354 e. The van der Waals surface area contributed by atoms with Crippen LogP contribution in [-0.4, -0.2) is 4.98 Å². The van der Waals surface area contributed by atoms with Gasteiger partial charge in [0.1, 0.15) is 0 Å². The maximum absolute atomic E-state index is 3.76. The zero-order valence-corrected chi connectivity index (χ0v) is 12.2. The van der Waals surface area contributed by atoms with E-state index in [2.05, 4.69) is 73.1 Å². The van der Waals surface area contributed by atoms with Gasteiger partial charge in [0.05, 0.1) is 5.69 Å². The summed E-state index contributed by atoms with van der Waals surface area (Å²) in [7, 11) is 0. The molecule has 0 amide bonds. The molecule has 0 spiro atoms. The van der Waals surface area contributed by atoms with Gasteiger partial charge in [-0.2, -0.15) is 0 Å². The maximum atomic E-state index is 3.76. The molecule has 21 heavy (non-hydrogen) atoms. The Labute approximate surface area is 125 Å². The number of aromatic amines is 1. The number of aromatic nitrogens is 1. The maximum Gasteiger partial charge on any atom is 0.0503 e. The number of hydrogen-bond acceptors (Lipinski definition) is 0. The SMILES string of the molecule is C=C/C=C/C(C)c1c(-c2ccccc2)[nH]c2ccccc12.